The monoisotopic (exact) mass is 461 g/mol. The van der Waals surface area contributed by atoms with Gasteiger partial charge in [0.1, 0.15) is 5.60 Å². The summed E-state index contributed by atoms with van der Waals surface area (Å²) in [5.74, 6) is 2.03. The summed E-state index contributed by atoms with van der Waals surface area (Å²) in [6, 6.07) is 8.19. The normalized spacial score (nSPS) is 29.0. The second-order valence-corrected chi connectivity index (χ2v) is 8.55. The highest BCUT2D eigenvalue weighted by Gasteiger charge is 2.36. The predicted molar refractivity (Wildman–Crippen MR) is 114 cm³/mol. The number of rotatable bonds is 4. The van der Waals surface area contributed by atoms with Gasteiger partial charge in [-0.25, -0.2) is 0 Å². The highest BCUT2D eigenvalue weighted by Crippen LogP contribution is 2.37. The number of fused-ring (bicyclic) bond motifs is 1. The topological polar surface area (TPSA) is 56.7 Å². The van der Waals surface area contributed by atoms with Crippen LogP contribution in [0.4, 0.5) is 0 Å². The summed E-state index contributed by atoms with van der Waals surface area (Å²) in [6.45, 7) is 3.71. The molecule has 0 bridgehead atoms. The van der Waals surface area contributed by atoms with E-state index in [2.05, 4.69) is 28.6 Å². The molecular weight excluding hydrogens is 433 g/mol. The lowest BCUT2D eigenvalue weighted by atomic mass is 9.96. The molecule has 24 heavy (non-hydrogen) atoms. The second kappa shape index (κ2) is 8.27. The predicted octanol–water partition coefficient (Wildman–Crippen LogP) is 2.89. The molecule has 1 saturated heterocycles. The molecule has 2 unspecified atom stereocenters. The van der Waals surface area contributed by atoms with Crippen LogP contribution in [0.15, 0.2) is 29.3 Å². The van der Waals surface area contributed by atoms with E-state index in [1.54, 1.807) is 7.05 Å². The van der Waals surface area contributed by atoms with Crippen LogP contribution in [0.3, 0.4) is 0 Å². The van der Waals surface area contributed by atoms with E-state index >= 15 is 0 Å². The van der Waals surface area contributed by atoms with Gasteiger partial charge >= 0.3 is 0 Å². The number of thioether (sulfide) groups is 1. The molecule has 1 aliphatic carbocycles. The third kappa shape index (κ3) is 4.38. The molecule has 1 aromatic rings. The molecular formula is C18H28IN3OS. The lowest BCUT2D eigenvalue weighted by Crippen LogP contribution is -2.47. The van der Waals surface area contributed by atoms with Crippen molar-refractivity contribution in [2.45, 2.75) is 43.0 Å². The number of nitrogens with zero attached hydrogens (tertiary/aromatic N) is 1. The first kappa shape index (κ1) is 19.8. The maximum atomic E-state index is 11.0. The number of hydrogen-bond acceptors (Lipinski definition) is 3. The zero-order chi connectivity index (χ0) is 16.3. The Morgan fingerprint density at radius 1 is 1.25 bits per heavy atom. The molecule has 134 valence electrons. The fraction of sp³-hybridized carbons (Fsp3) is 0.611. The Morgan fingerprint density at radius 3 is 2.71 bits per heavy atom. The van der Waals surface area contributed by atoms with Gasteiger partial charge in [-0.2, -0.15) is 11.8 Å². The minimum atomic E-state index is -0.791. The number of hydrogen-bond donors (Lipinski definition) is 3. The lowest BCUT2D eigenvalue weighted by Gasteiger charge is -2.28. The molecule has 3 N–H and O–H groups in total. The van der Waals surface area contributed by atoms with Gasteiger partial charge in [0.05, 0.1) is 6.54 Å². The van der Waals surface area contributed by atoms with Crippen molar-refractivity contribution in [3.63, 3.8) is 0 Å². The maximum Gasteiger partial charge on any atom is 0.191 e. The Bertz CT molecular complexity index is 589. The van der Waals surface area contributed by atoms with Crippen LogP contribution in [0, 0.1) is 0 Å². The highest BCUT2D eigenvalue weighted by atomic mass is 127. The van der Waals surface area contributed by atoms with Crippen molar-refractivity contribution in [3.05, 3.63) is 35.4 Å². The second-order valence-electron chi connectivity index (χ2n) is 6.87. The van der Waals surface area contributed by atoms with E-state index in [0.717, 1.165) is 30.9 Å². The standard InChI is InChI=1S/C18H27N3OS.HI/c1-17(9-5-11-23-17)12-20-16(19-2)21-13-18(22)10-8-14-6-3-4-7-15(14)18;/h3-4,6-7,22H,5,8-13H2,1-2H3,(H2,19,20,21);1H. The molecule has 0 saturated carbocycles. The molecule has 4 nitrogen and oxygen atoms in total. The number of halogens is 1. The number of guanidine groups is 1. The molecule has 2 atom stereocenters. The van der Waals surface area contributed by atoms with E-state index in [1.165, 1.54) is 24.2 Å². The van der Waals surface area contributed by atoms with Crippen LogP contribution in [-0.4, -0.2) is 41.7 Å². The lowest BCUT2D eigenvalue weighted by molar-refractivity contribution is 0.0432. The van der Waals surface area contributed by atoms with Crippen molar-refractivity contribution in [2.24, 2.45) is 4.99 Å². The maximum absolute atomic E-state index is 11.0. The minimum Gasteiger partial charge on any atom is -0.383 e. The summed E-state index contributed by atoms with van der Waals surface area (Å²) in [4.78, 5) is 4.30. The summed E-state index contributed by atoms with van der Waals surface area (Å²) < 4.78 is 0.300. The van der Waals surface area contributed by atoms with Crippen molar-refractivity contribution >= 4 is 41.7 Å². The first-order chi connectivity index (χ1) is 11.0. The van der Waals surface area contributed by atoms with Crippen molar-refractivity contribution in [1.82, 2.24) is 10.6 Å². The molecule has 0 aromatic heterocycles. The minimum absolute atomic E-state index is 0. The van der Waals surface area contributed by atoms with Crippen molar-refractivity contribution < 1.29 is 5.11 Å². The highest BCUT2D eigenvalue weighted by molar-refractivity contribution is 14.0. The molecule has 1 fully saturated rings. The van der Waals surface area contributed by atoms with Gasteiger partial charge < -0.3 is 15.7 Å². The number of aliphatic hydroxyl groups is 1. The van der Waals surface area contributed by atoms with Gasteiger partial charge in [0.25, 0.3) is 0 Å². The van der Waals surface area contributed by atoms with Crippen LogP contribution in [-0.2, 0) is 12.0 Å². The Morgan fingerprint density at radius 2 is 2.00 bits per heavy atom. The number of aryl methyl sites for hydroxylation is 1. The Hall–Kier alpha value is -0.470. The molecule has 2 aliphatic rings. The van der Waals surface area contributed by atoms with E-state index in [4.69, 9.17) is 0 Å². The molecule has 1 heterocycles. The number of benzene rings is 1. The van der Waals surface area contributed by atoms with E-state index in [0.29, 0.717) is 11.3 Å². The van der Waals surface area contributed by atoms with Crippen molar-refractivity contribution in [1.29, 1.82) is 0 Å². The van der Waals surface area contributed by atoms with Gasteiger partial charge in [-0.05, 0) is 49.5 Å². The fourth-order valence-electron chi connectivity index (χ4n) is 3.55. The van der Waals surface area contributed by atoms with Gasteiger partial charge in [-0.1, -0.05) is 24.3 Å². The van der Waals surface area contributed by atoms with Crippen LogP contribution in [0.25, 0.3) is 0 Å². The Balaban J connectivity index is 0.00000208. The Labute approximate surface area is 166 Å². The third-order valence-electron chi connectivity index (χ3n) is 5.03. The average Bonchev–Trinajstić information content (AvgIpc) is 3.13. The smallest absolute Gasteiger partial charge is 0.191 e. The van der Waals surface area contributed by atoms with Gasteiger partial charge in [0.2, 0.25) is 0 Å². The Kier molecular flexibility index (Phi) is 6.84. The van der Waals surface area contributed by atoms with Gasteiger partial charge in [0.15, 0.2) is 5.96 Å². The van der Waals surface area contributed by atoms with Crippen molar-refractivity contribution in [2.75, 3.05) is 25.9 Å². The van der Waals surface area contributed by atoms with E-state index < -0.39 is 5.60 Å². The first-order valence-electron chi connectivity index (χ1n) is 8.44. The van der Waals surface area contributed by atoms with Crippen LogP contribution < -0.4 is 10.6 Å². The van der Waals surface area contributed by atoms with E-state index in [-0.39, 0.29) is 24.0 Å². The SMILES string of the molecule is CN=C(NCC1(C)CCCS1)NCC1(O)CCc2ccccc21.I. The van der Waals surface area contributed by atoms with Crippen molar-refractivity contribution in [3.8, 4) is 0 Å². The molecule has 3 rings (SSSR count). The molecule has 1 aliphatic heterocycles. The molecule has 0 amide bonds. The van der Waals surface area contributed by atoms with Gasteiger partial charge in [-0.15, -0.1) is 24.0 Å². The molecule has 0 radical (unpaired) electrons. The number of nitrogens with one attached hydrogen (secondary N) is 2. The summed E-state index contributed by atoms with van der Waals surface area (Å²) in [7, 11) is 1.78. The zero-order valence-electron chi connectivity index (χ0n) is 14.5. The fourth-order valence-corrected chi connectivity index (χ4v) is 4.79. The van der Waals surface area contributed by atoms with Gasteiger partial charge in [0, 0.05) is 18.3 Å². The van der Waals surface area contributed by atoms with E-state index in [9.17, 15) is 5.11 Å². The van der Waals surface area contributed by atoms with Crippen LogP contribution in [0.2, 0.25) is 0 Å². The van der Waals surface area contributed by atoms with Gasteiger partial charge in [-0.3, -0.25) is 4.99 Å². The third-order valence-corrected chi connectivity index (χ3v) is 6.57. The van der Waals surface area contributed by atoms with Crippen LogP contribution >= 0.6 is 35.7 Å². The summed E-state index contributed by atoms with van der Waals surface area (Å²) in [5.41, 5.74) is 1.52. The van der Waals surface area contributed by atoms with E-state index in [1.807, 2.05) is 30.0 Å². The summed E-state index contributed by atoms with van der Waals surface area (Å²) in [5, 5.41) is 17.7. The average molecular weight is 461 g/mol. The molecule has 6 heteroatoms. The summed E-state index contributed by atoms with van der Waals surface area (Å²) in [6.07, 6.45) is 4.25. The number of aliphatic imine (C=N–C) groups is 1. The zero-order valence-corrected chi connectivity index (χ0v) is 17.6. The molecule has 1 aromatic carbocycles. The largest absolute Gasteiger partial charge is 0.383 e. The molecule has 0 spiro atoms. The quantitative estimate of drug-likeness (QED) is 0.367. The van der Waals surface area contributed by atoms with Crippen LogP contribution in [0.1, 0.15) is 37.3 Å². The van der Waals surface area contributed by atoms with Crippen LogP contribution in [0.5, 0.6) is 0 Å². The first-order valence-corrected chi connectivity index (χ1v) is 9.43. The summed E-state index contributed by atoms with van der Waals surface area (Å²) >= 11 is 2.04.